The zero-order chi connectivity index (χ0) is 21.5. The lowest BCUT2D eigenvalue weighted by Crippen LogP contribution is -2.46. The number of aromatic nitrogens is 1. The zero-order valence-electron chi connectivity index (χ0n) is 17.7. The maximum absolute atomic E-state index is 13.6. The second-order valence-electron chi connectivity index (χ2n) is 7.94. The fraction of sp³-hybridized carbons (Fsp3) is 0.333. The highest BCUT2D eigenvalue weighted by molar-refractivity contribution is 6.07. The van der Waals surface area contributed by atoms with Crippen LogP contribution in [0.4, 0.5) is 0 Å². The highest BCUT2D eigenvalue weighted by Crippen LogP contribution is 2.44. The molecule has 2 aromatic carbocycles. The van der Waals surface area contributed by atoms with Gasteiger partial charge in [0.1, 0.15) is 18.0 Å². The van der Waals surface area contributed by atoms with Gasteiger partial charge in [0.2, 0.25) is 5.91 Å². The Morgan fingerprint density at radius 3 is 2.52 bits per heavy atom. The van der Waals surface area contributed by atoms with Crippen molar-refractivity contribution in [1.82, 2.24) is 14.4 Å². The molecule has 160 valence electrons. The first kappa shape index (κ1) is 19.6. The Labute approximate surface area is 180 Å². The van der Waals surface area contributed by atoms with Crippen LogP contribution in [-0.4, -0.2) is 66.1 Å². The van der Waals surface area contributed by atoms with E-state index in [2.05, 4.69) is 0 Å². The van der Waals surface area contributed by atoms with Gasteiger partial charge in [0, 0.05) is 36.6 Å². The van der Waals surface area contributed by atoms with Crippen LogP contribution < -0.4 is 4.74 Å². The minimum Gasteiger partial charge on any atom is -0.497 e. The Bertz CT molecular complexity index is 1150. The van der Waals surface area contributed by atoms with Crippen molar-refractivity contribution in [2.24, 2.45) is 7.05 Å². The van der Waals surface area contributed by atoms with E-state index in [9.17, 15) is 9.59 Å². The molecule has 1 atom stereocenters. The lowest BCUT2D eigenvalue weighted by molar-refractivity contribution is -0.136. The Balaban J connectivity index is 1.59. The molecule has 1 aromatic heterocycles. The zero-order valence-corrected chi connectivity index (χ0v) is 17.7. The molecule has 2 amide bonds. The number of morpholine rings is 1. The molecule has 3 aromatic rings. The topological polar surface area (TPSA) is 64.0 Å². The van der Waals surface area contributed by atoms with Crippen LogP contribution in [0.2, 0.25) is 0 Å². The molecular formula is C24H25N3O4. The Hall–Kier alpha value is -3.32. The number of aryl methyl sites for hydroxylation is 1. The molecular weight excluding hydrogens is 394 g/mol. The van der Waals surface area contributed by atoms with Gasteiger partial charge in [-0.15, -0.1) is 0 Å². The molecule has 0 N–H and O–H groups in total. The minimum absolute atomic E-state index is 0.0402. The molecule has 7 nitrogen and oxygen atoms in total. The smallest absolute Gasteiger partial charge is 0.272 e. The molecule has 7 heteroatoms. The normalized spacial score (nSPS) is 18.5. The van der Waals surface area contributed by atoms with Crippen molar-refractivity contribution < 1.29 is 19.1 Å². The van der Waals surface area contributed by atoms with Crippen LogP contribution in [0.15, 0.2) is 48.5 Å². The number of carbonyl (C=O) groups is 2. The van der Waals surface area contributed by atoms with E-state index in [0.717, 1.165) is 27.8 Å². The fourth-order valence-corrected chi connectivity index (χ4v) is 4.72. The first-order valence-electron chi connectivity index (χ1n) is 10.5. The van der Waals surface area contributed by atoms with E-state index in [0.29, 0.717) is 32.0 Å². The quantitative estimate of drug-likeness (QED) is 0.652. The van der Waals surface area contributed by atoms with Gasteiger partial charge in [-0.05, 0) is 23.8 Å². The van der Waals surface area contributed by atoms with Crippen LogP contribution in [-0.2, 0) is 16.6 Å². The molecule has 0 radical (unpaired) electrons. The highest BCUT2D eigenvalue weighted by atomic mass is 16.5. The third-order valence-corrected chi connectivity index (χ3v) is 6.30. The number of benzene rings is 2. The first-order chi connectivity index (χ1) is 15.1. The number of carbonyl (C=O) groups excluding carboxylic acids is 2. The number of nitrogens with zero attached hydrogens (tertiary/aromatic N) is 3. The maximum Gasteiger partial charge on any atom is 0.272 e. The second kappa shape index (κ2) is 7.74. The van der Waals surface area contributed by atoms with Gasteiger partial charge in [0.15, 0.2) is 0 Å². The van der Waals surface area contributed by atoms with Crippen molar-refractivity contribution in [2.75, 3.05) is 40.0 Å². The van der Waals surface area contributed by atoms with Gasteiger partial charge in [-0.1, -0.05) is 30.3 Å². The minimum atomic E-state index is -0.329. The van der Waals surface area contributed by atoms with Crippen molar-refractivity contribution in [2.45, 2.75) is 6.04 Å². The van der Waals surface area contributed by atoms with Gasteiger partial charge in [0.05, 0.1) is 26.4 Å². The molecule has 0 unspecified atom stereocenters. The van der Waals surface area contributed by atoms with Crippen LogP contribution in [0.5, 0.6) is 5.75 Å². The summed E-state index contributed by atoms with van der Waals surface area (Å²) < 4.78 is 12.6. The highest BCUT2D eigenvalue weighted by Gasteiger charge is 2.43. The number of hydrogen-bond acceptors (Lipinski definition) is 4. The fourth-order valence-electron chi connectivity index (χ4n) is 4.72. The summed E-state index contributed by atoms with van der Waals surface area (Å²) in [6.45, 7) is 2.23. The van der Waals surface area contributed by atoms with Crippen molar-refractivity contribution in [3.05, 3.63) is 65.4 Å². The molecule has 3 heterocycles. The molecule has 0 aliphatic carbocycles. The van der Waals surface area contributed by atoms with Crippen molar-refractivity contribution in [1.29, 1.82) is 0 Å². The van der Waals surface area contributed by atoms with Gasteiger partial charge < -0.3 is 23.8 Å². The summed E-state index contributed by atoms with van der Waals surface area (Å²) in [5.74, 6) is 0.588. The molecule has 1 fully saturated rings. The van der Waals surface area contributed by atoms with Gasteiger partial charge in [-0.25, -0.2) is 0 Å². The maximum atomic E-state index is 13.6. The number of fused-ring (bicyclic) bond motifs is 3. The Kier molecular flexibility index (Phi) is 4.90. The van der Waals surface area contributed by atoms with Crippen molar-refractivity contribution >= 4 is 22.7 Å². The van der Waals surface area contributed by atoms with E-state index >= 15 is 0 Å². The van der Waals surface area contributed by atoms with E-state index in [1.54, 1.807) is 16.9 Å². The first-order valence-corrected chi connectivity index (χ1v) is 10.5. The van der Waals surface area contributed by atoms with E-state index < -0.39 is 0 Å². The van der Waals surface area contributed by atoms with Crippen molar-refractivity contribution in [3.63, 3.8) is 0 Å². The monoisotopic (exact) mass is 419 g/mol. The Morgan fingerprint density at radius 2 is 1.81 bits per heavy atom. The van der Waals surface area contributed by atoms with E-state index in [-0.39, 0.29) is 24.4 Å². The summed E-state index contributed by atoms with van der Waals surface area (Å²) in [5, 5.41) is 1.04. The summed E-state index contributed by atoms with van der Waals surface area (Å²) in [5.41, 5.74) is 3.58. The number of para-hydroxylation sites is 1. The van der Waals surface area contributed by atoms with Gasteiger partial charge in [-0.3, -0.25) is 9.59 Å². The third kappa shape index (κ3) is 3.16. The SMILES string of the molecule is COc1ccc([C@H]2c3c(n(C)c4ccccc34)C(=O)N2CC(=O)N2CCOCC2)cc1. The second-order valence-corrected chi connectivity index (χ2v) is 7.94. The summed E-state index contributed by atoms with van der Waals surface area (Å²) >= 11 is 0. The van der Waals surface area contributed by atoms with Gasteiger partial charge in [-0.2, -0.15) is 0 Å². The number of hydrogen-bond donors (Lipinski definition) is 0. The molecule has 1 saturated heterocycles. The van der Waals surface area contributed by atoms with Crippen LogP contribution in [0.3, 0.4) is 0 Å². The number of ether oxygens (including phenoxy) is 2. The summed E-state index contributed by atoms with van der Waals surface area (Å²) in [6, 6.07) is 15.4. The molecule has 2 aliphatic heterocycles. The summed E-state index contributed by atoms with van der Waals surface area (Å²) in [6.07, 6.45) is 0. The number of rotatable bonds is 4. The van der Waals surface area contributed by atoms with E-state index in [1.807, 2.05) is 60.1 Å². The largest absolute Gasteiger partial charge is 0.497 e. The molecule has 0 bridgehead atoms. The van der Waals surface area contributed by atoms with E-state index in [1.165, 1.54) is 0 Å². The van der Waals surface area contributed by atoms with E-state index in [4.69, 9.17) is 9.47 Å². The van der Waals surface area contributed by atoms with Gasteiger partial charge in [0.25, 0.3) is 5.91 Å². The average Bonchev–Trinajstić information content (AvgIpc) is 3.27. The van der Waals surface area contributed by atoms with Crippen molar-refractivity contribution in [3.8, 4) is 5.75 Å². The summed E-state index contributed by atoms with van der Waals surface area (Å²) in [4.78, 5) is 30.1. The van der Waals surface area contributed by atoms with Crippen LogP contribution in [0, 0.1) is 0 Å². The number of amides is 2. The molecule has 0 saturated carbocycles. The molecule has 2 aliphatic rings. The predicted octanol–water partition coefficient (Wildman–Crippen LogP) is 2.59. The molecule has 5 rings (SSSR count). The van der Waals surface area contributed by atoms with Crippen LogP contribution >= 0.6 is 0 Å². The van der Waals surface area contributed by atoms with Crippen LogP contribution in [0.25, 0.3) is 10.9 Å². The molecule has 31 heavy (non-hydrogen) atoms. The standard InChI is InChI=1S/C24H25N3O4/c1-25-19-6-4-3-5-18(19)21-22(16-7-9-17(30-2)10-8-16)27(24(29)23(21)25)15-20(28)26-11-13-31-14-12-26/h3-10,22H,11-15H2,1-2H3/t22-/m0/s1. The lowest BCUT2D eigenvalue weighted by atomic mass is 9.98. The Morgan fingerprint density at radius 1 is 1.10 bits per heavy atom. The third-order valence-electron chi connectivity index (χ3n) is 6.30. The predicted molar refractivity (Wildman–Crippen MR) is 116 cm³/mol. The van der Waals surface area contributed by atoms with Gasteiger partial charge >= 0.3 is 0 Å². The average molecular weight is 419 g/mol. The summed E-state index contributed by atoms with van der Waals surface area (Å²) in [7, 11) is 3.54. The van der Waals surface area contributed by atoms with Crippen LogP contribution in [0.1, 0.15) is 27.7 Å². The lowest BCUT2D eigenvalue weighted by Gasteiger charge is -2.31. The number of methoxy groups -OCH3 is 1. The molecule has 0 spiro atoms.